The van der Waals surface area contributed by atoms with Crippen LogP contribution in [-0.4, -0.2) is 41.3 Å². The second-order valence-corrected chi connectivity index (χ2v) is 8.66. The molecule has 170 valence electrons. The number of thiophene rings is 1. The summed E-state index contributed by atoms with van der Waals surface area (Å²) in [6, 6.07) is 15.1. The van der Waals surface area contributed by atoms with E-state index in [1.807, 2.05) is 48.5 Å². The summed E-state index contributed by atoms with van der Waals surface area (Å²) in [5.41, 5.74) is 2.36. The van der Waals surface area contributed by atoms with Gasteiger partial charge in [-0.15, -0.1) is 11.3 Å². The topological polar surface area (TPSA) is 92.0 Å². The number of aliphatic hydroxyl groups is 1. The SMILES string of the molecule is COc1ccc(-c2cc3ncn(CC(O)COCc4ccc5c(c4)OCO5)c(=O)c3s2)cc1. The first kappa shape index (κ1) is 21.4. The number of nitrogens with zero attached hydrogens (tertiary/aromatic N) is 2. The fraction of sp³-hybridized carbons (Fsp3) is 0.250. The maximum atomic E-state index is 12.9. The summed E-state index contributed by atoms with van der Waals surface area (Å²) < 4.78 is 23.5. The monoisotopic (exact) mass is 466 g/mol. The number of methoxy groups -OCH3 is 1. The first-order chi connectivity index (χ1) is 16.1. The molecule has 0 radical (unpaired) electrons. The molecule has 1 aliphatic rings. The van der Waals surface area contributed by atoms with Crippen molar-refractivity contribution in [1.82, 2.24) is 9.55 Å². The summed E-state index contributed by atoms with van der Waals surface area (Å²) in [6.45, 7) is 0.715. The minimum absolute atomic E-state index is 0.0838. The van der Waals surface area contributed by atoms with Crippen molar-refractivity contribution >= 4 is 21.6 Å². The first-order valence-corrected chi connectivity index (χ1v) is 11.2. The molecule has 1 unspecified atom stereocenters. The van der Waals surface area contributed by atoms with Crippen LogP contribution >= 0.6 is 11.3 Å². The Morgan fingerprint density at radius 2 is 1.97 bits per heavy atom. The van der Waals surface area contributed by atoms with Gasteiger partial charge in [-0.25, -0.2) is 4.98 Å². The molecular formula is C24H22N2O6S. The zero-order valence-electron chi connectivity index (χ0n) is 17.9. The zero-order chi connectivity index (χ0) is 22.8. The third-order valence-corrected chi connectivity index (χ3v) is 6.46. The number of hydrogen-bond donors (Lipinski definition) is 1. The molecule has 33 heavy (non-hydrogen) atoms. The van der Waals surface area contributed by atoms with E-state index in [1.165, 1.54) is 22.2 Å². The molecule has 1 N–H and O–H groups in total. The summed E-state index contributed by atoms with van der Waals surface area (Å²) >= 11 is 1.38. The van der Waals surface area contributed by atoms with Gasteiger partial charge in [0.1, 0.15) is 10.4 Å². The largest absolute Gasteiger partial charge is 0.497 e. The van der Waals surface area contributed by atoms with Gasteiger partial charge in [0.25, 0.3) is 5.56 Å². The molecule has 0 saturated heterocycles. The van der Waals surface area contributed by atoms with E-state index >= 15 is 0 Å². The van der Waals surface area contributed by atoms with Crippen molar-refractivity contribution in [2.45, 2.75) is 19.3 Å². The van der Waals surface area contributed by atoms with Crippen LogP contribution in [-0.2, 0) is 17.9 Å². The van der Waals surface area contributed by atoms with Crippen LogP contribution in [0.5, 0.6) is 17.2 Å². The number of ether oxygens (including phenoxy) is 4. The van der Waals surface area contributed by atoms with E-state index in [2.05, 4.69) is 4.98 Å². The van der Waals surface area contributed by atoms with Crippen LogP contribution in [0.3, 0.4) is 0 Å². The summed E-state index contributed by atoms with van der Waals surface area (Å²) in [4.78, 5) is 18.3. The summed E-state index contributed by atoms with van der Waals surface area (Å²) in [5, 5.41) is 10.4. The van der Waals surface area contributed by atoms with Gasteiger partial charge in [0, 0.05) is 4.88 Å². The van der Waals surface area contributed by atoms with Crippen LogP contribution in [0.2, 0.25) is 0 Å². The number of fused-ring (bicyclic) bond motifs is 2. The lowest BCUT2D eigenvalue weighted by Gasteiger charge is -2.13. The van der Waals surface area contributed by atoms with Gasteiger partial charge in [-0.3, -0.25) is 9.36 Å². The molecule has 8 nitrogen and oxygen atoms in total. The Hall–Kier alpha value is -3.40. The first-order valence-electron chi connectivity index (χ1n) is 10.4. The van der Waals surface area contributed by atoms with Gasteiger partial charge in [-0.05, 0) is 53.6 Å². The minimum Gasteiger partial charge on any atom is -0.497 e. The fourth-order valence-corrected chi connectivity index (χ4v) is 4.66. The maximum Gasteiger partial charge on any atom is 0.271 e. The lowest BCUT2D eigenvalue weighted by molar-refractivity contribution is 0.0198. The predicted molar refractivity (Wildman–Crippen MR) is 124 cm³/mol. The van der Waals surface area contributed by atoms with Crippen LogP contribution in [0.4, 0.5) is 0 Å². The van der Waals surface area contributed by atoms with E-state index in [0.29, 0.717) is 28.3 Å². The Bertz CT molecular complexity index is 1330. The normalized spacial score (nSPS) is 13.4. The van der Waals surface area contributed by atoms with Gasteiger partial charge in [0.05, 0.1) is 44.8 Å². The molecule has 4 aromatic rings. The Morgan fingerprint density at radius 3 is 2.79 bits per heavy atom. The lowest BCUT2D eigenvalue weighted by Crippen LogP contribution is -2.29. The molecular weight excluding hydrogens is 444 g/mol. The van der Waals surface area contributed by atoms with Crippen LogP contribution in [0, 0.1) is 0 Å². The molecule has 9 heteroatoms. The van der Waals surface area contributed by atoms with E-state index in [0.717, 1.165) is 21.8 Å². The van der Waals surface area contributed by atoms with Crippen LogP contribution in [0.25, 0.3) is 20.7 Å². The highest BCUT2D eigenvalue weighted by Gasteiger charge is 2.15. The van der Waals surface area contributed by atoms with E-state index in [-0.39, 0.29) is 25.5 Å². The van der Waals surface area contributed by atoms with Crippen LogP contribution in [0.1, 0.15) is 5.56 Å². The molecule has 0 amide bonds. The molecule has 1 aliphatic heterocycles. The highest BCUT2D eigenvalue weighted by atomic mass is 32.1. The lowest BCUT2D eigenvalue weighted by atomic mass is 10.2. The van der Waals surface area contributed by atoms with Crippen LogP contribution in [0.15, 0.2) is 59.7 Å². The van der Waals surface area contributed by atoms with Crippen molar-refractivity contribution in [2.75, 3.05) is 20.5 Å². The predicted octanol–water partition coefficient (Wildman–Crippen LogP) is 3.44. The van der Waals surface area contributed by atoms with Crippen molar-refractivity contribution < 1.29 is 24.1 Å². The summed E-state index contributed by atoms with van der Waals surface area (Å²) in [7, 11) is 1.62. The molecule has 0 fully saturated rings. The Labute approximate surface area is 193 Å². The number of hydrogen-bond acceptors (Lipinski definition) is 8. The van der Waals surface area contributed by atoms with Gasteiger partial charge in [0.2, 0.25) is 6.79 Å². The van der Waals surface area contributed by atoms with Gasteiger partial charge < -0.3 is 24.1 Å². The summed E-state index contributed by atoms with van der Waals surface area (Å²) in [6.07, 6.45) is 0.618. The molecule has 2 aromatic heterocycles. The van der Waals surface area contributed by atoms with Crippen LogP contribution < -0.4 is 19.8 Å². The average molecular weight is 467 g/mol. The van der Waals surface area contributed by atoms with Gasteiger partial charge in [0.15, 0.2) is 11.5 Å². The fourth-order valence-electron chi connectivity index (χ4n) is 3.60. The summed E-state index contributed by atoms with van der Waals surface area (Å²) in [5.74, 6) is 2.17. The second-order valence-electron chi connectivity index (χ2n) is 7.61. The smallest absolute Gasteiger partial charge is 0.271 e. The van der Waals surface area contributed by atoms with E-state index < -0.39 is 6.10 Å². The Morgan fingerprint density at radius 1 is 1.15 bits per heavy atom. The average Bonchev–Trinajstić information content (AvgIpc) is 3.48. The van der Waals surface area contributed by atoms with Gasteiger partial charge in [-0.2, -0.15) is 0 Å². The number of aliphatic hydroxyl groups excluding tert-OH is 1. The number of benzene rings is 2. The molecule has 5 rings (SSSR count). The van der Waals surface area contributed by atoms with Crippen molar-refractivity contribution in [1.29, 1.82) is 0 Å². The quantitative estimate of drug-likeness (QED) is 0.425. The minimum atomic E-state index is -0.850. The van der Waals surface area contributed by atoms with E-state index in [4.69, 9.17) is 18.9 Å². The Balaban J connectivity index is 1.23. The molecule has 0 spiro atoms. The molecule has 3 heterocycles. The Kier molecular flexibility index (Phi) is 5.99. The standard InChI is InChI=1S/C24H22N2O6S/c1-29-18-5-3-16(4-6-18)22-9-19-23(33-22)24(28)26(13-25-19)10-17(27)12-30-11-15-2-7-20-21(8-15)32-14-31-20/h2-9,13,17,27H,10-12,14H2,1H3. The highest BCUT2D eigenvalue weighted by Crippen LogP contribution is 2.33. The number of aromatic nitrogens is 2. The maximum absolute atomic E-state index is 12.9. The van der Waals surface area contributed by atoms with Gasteiger partial charge in [-0.1, -0.05) is 6.07 Å². The molecule has 2 aromatic carbocycles. The van der Waals surface area contributed by atoms with Crippen molar-refractivity contribution in [3.05, 3.63) is 70.8 Å². The van der Waals surface area contributed by atoms with Crippen molar-refractivity contribution in [3.63, 3.8) is 0 Å². The highest BCUT2D eigenvalue weighted by molar-refractivity contribution is 7.22. The molecule has 0 bridgehead atoms. The zero-order valence-corrected chi connectivity index (χ0v) is 18.7. The third kappa shape index (κ3) is 4.56. The second kappa shape index (κ2) is 9.22. The van der Waals surface area contributed by atoms with Crippen molar-refractivity contribution in [3.8, 4) is 27.7 Å². The number of rotatable bonds is 8. The van der Waals surface area contributed by atoms with Crippen molar-refractivity contribution in [2.24, 2.45) is 0 Å². The van der Waals surface area contributed by atoms with Gasteiger partial charge >= 0.3 is 0 Å². The molecule has 0 saturated carbocycles. The molecule has 0 aliphatic carbocycles. The van der Waals surface area contributed by atoms with E-state index in [9.17, 15) is 9.90 Å². The van der Waals surface area contributed by atoms with E-state index in [1.54, 1.807) is 7.11 Å². The molecule has 1 atom stereocenters. The third-order valence-electron chi connectivity index (χ3n) is 5.30.